The summed E-state index contributed by atoms with van der Waals surface area (Å²) in [6.45, 7) is 3.19. The summed E-state index contributed by atoms with van der Waals surface area (Å²) in [5.41, 5.74) is 0. The van der Waals surface area contributed by atoms with Crippen molar-refractivity contribution < 1.29 is 30.7 Å². The van der Waals surface area contributed by atoms with Crippen LogP contribution in [0.4, 0.5) is 0 Å². The lowest BCUT2D eigenvalue weighted by Crippen LogP contribution is -2.36. The Hall–Kier alpha value is -1.55. The van der Waals surface area contributed by atoms with E-state index in [9.17, 15) is 26.2 Å². The molecule has 2 N–H and O–H groups in total. The quantitative estimate of drug-likeness (QED) is 0.562. The van der Waals surface area contributed by atoms with Gasteiger partial charge < -0.3 is 0 Å². The normalized spacial score (nSPS) is 23.6. The molecular weight excluding hydrogens is 308 g/mol. The predicted molar refractivity (Wildman–Crippen MR) is 72.0 cm³/mol. The van der Waals surface area contributed by atoms with E-state index >= 15 is 0 Å². The Kier molecular flexibility index (Phi) is 4.49. The third-order valence-electron chi connectivity index (χ3n) is 2.61. The predicted octanol–water partition coefficient (Wildman–Crippen LogP) is 0.656. The van der Waals surface area contributed by atoms with Crippen LogP contribution >= 0.6 is 0 Å². The summed E-state index contributed by atoms with van der Waals surface area (Å²) in [7, 11) is -9.40. The average Bonchev–Trinajstić information content (AvgIpc) is 2.34. The molecule has 0 aromatic carbocycles. The molecule has 0 heterocycles. The second kappa shape index (κ2) is 5.44. The minimum atomic E-state index is -4.76. The first kappa shape index (κ1) is 16.5. The van der Waals surface area contributed by atoms with Crippen LogP contribution in [-0.2, 0) is 25.0 Å². The van der Waals surface area contributed by atoms with Crippen LogP contribution in [0.1, 0.15) is 6.42 Å². The van der Waals surface area contributed by atoms with E-state index in [0.29, 0.717) is 6.08 Å². The van der Waals surface area contributed by atoms with Crippen molar-refractivity contribution >= 4 is 26.0 Å². The van der Waals surface area contributed by atoms with Crippen LogP contribution < -0.4 is 0 Å². The lowest BCUT2D eigenvalue weighted by molar-refractivity contribution is -0.110. The highest BCUT2D eigenvalue weighted by atomic mass is 32.2. The van der Waals surface area contributed by atoms with E-state index in [4.69, 9.17) is 4.55 Å². The van der Waals surface area contributed by atoms with Gasteiger partial charge >= 0.3 is 0 Å². The highest BCUT2D eigenvalue weighted by Gasteiger charge is 2.40. The molecule has 0 spiro atoms. The molecule has 1 unspecified atom stereocenters. The van der Waals surface area contributed by atoms with Crippen LogP contribution in [0.5, 0.6) is 0 Å². The van der Waals surface area contributed by atoms with Crippen molar-refractivity contribution in [3.8, 4) is 0 Å². The van der Waals surface area contributed by atoms with Crippen molar-refractivity contribution in [2.75, 3.05) is 0 Å². The van der Waals surface area contributed by atoms with E-state index in [0.717, 1.165) is 30.4 Å². The van der Waals surface area contributed by atoms with Crippen molar-refractivity contribution in [1.29, 1.82) is 0 Å². The molecular formula is C11H12O7S2. The van der Waals surface area contributed by atoms with Gasteiger partial charge in [-0.25, -0.2) is 0 Å². The van der Waals surface area contributed by atoms with Crippen molar-refractivity contribution in [1.82, 2.24) is 0 Å². The minimum Gasteiger partial charge on any atom is -0.290 e. The van der Waals surface area contributed by atoms with E-state index in [2.05, 4.69) is 6.58 Å². The average molecular weight is 320 g/mol. The topological polar surface area (TPSA) is 126 Å². The van der Waals surface area contributed by atoms with Gasteiger partial charge in [-0.2, -0.15) is 16.8 Å². The molecule has 1 aliphatic rings. The maximum absolute atomic E-state index is 11.5. The Labute approximate surface area is 116 Å². The van der Waals surface area contributed by atoms with Gasteiger partial charge in [0.15, 0.2) is 5.78 Å². The van der Waals surface area contributed by atoms with E-state index in [1.54, 1.807) is 0 Å². The highest BCUT2D eigenvalue weighted by molar-refractivity contribution is 7.90. The third-order valence-corrected chi connectivity index (χ3v) is 4.85. The number of carbonyl (C=O) groups is 1. The van der Waals surface area contributed by atoms with Crippen LogP contribution in [-0.4, -0.2) is 36.5 Å². The van der Waals surface area contributed by atoms with Crippen molar-refractivity contribution in [2.24, 2.45) is 0 Å². The fourth-order valence-electron chi connectivity index (χ4n) is 1.54. The number of carbonyl (C=O) groups excluding carboxylic acids is 1. The first-order valence-corrected chi connectivity index (χ1v) is 8.09. The van der Waals surface area contributed by atoms with Crippen LogP contribution in [0.15, 0.2) is 47.9 Å². The zero-order valence-corrected chi connectivity index (χ0v) is 11.8. The number of hydrogen-bond donors (Lipinski definition) is 2. The van der Waals surface area contributed by atoms with Gasteiger partial charge in [0.05, 0.1) is 4.91 Å². The fourth-order valence-corrected chi connectivity index (χ4v) is 3.07. The molecule has 0 radical (unpaired) electrons. The Morgan fingerprint density at radius 2 is 1.90 bits per heavy atom. The van der Waals surface area contributed by atoms with E-state index in [1.807, 2.05) is 0 Å². The molecule has 1 atom stereocenters. The van der Waals surface area contributed by atoms with E-state index in [1.165, 1.54) is 0 Å². The number of ketones is 1. The molecule has 0 saturated heterocycles. The molecule has 20 heavy (non-hydrogen) atoms. The zero-order chi connectivity index (χ0) is 15.6. The summed E-state index contributed by atoms with van der Waals surface area (Å²) >= 11 is 0. The Morgan fingerprint density at radius 1 is 1.30 bits per heavy atom. The summed E-state index contributed by atoms with van der Waals surface area (Å²) < 4.78 is 61.2. The molecule has 0 fully saturated rings. The van der Waals surface area contributed by atoms with E-state index < -0.39 is 35.7 Å². The van der Waals surface area contributed by atoms with Crippen LogP contribution in [0.25, 0.3) is 0 Å². The van der Waals surface area contributed by atoms with Crippen molar-refractivity contribution in [3.63, 3.8) is 0 Å². The molecule has 7 nitrogen and oxygen atoms in total. The largest absolute Gasteiger partial charge is 0.294 e. The maximum Gasteiger partial charge on any atom is 0.294 e. The van der Waals surface area contributed by atoms with Crippen LogP contribution in [0.2, 0.25) is 0 Å². The number of rotatable bonds is 5. The van der Waals surface area contributed by atoms with Gasteiger partial charge in [0, 0.05) is 0 Å². The molecule has 1 aliphatic carbocycles. The number of hydrogen-bond acceptors (Lipinski definition) is 5. The molecule has 0 saturated carbocycles. The lowest BCUT2D eigenvalue weighted by Gasteiger charge is -2.25. The van der Waals surface area contributed by atoms with Gasteiger partial charge in [-0.15, -0.1) is 0 Å². The summed E-state index contributed by atoms with van der Waals surface area (Å²) in [6, 6.07) is 0. The highest BCUT2D eigenvalue weighted by Crippen LogP contribution is 2.32. The summed E-state index contributed by atoms with van der Waals surface area (Å²) in [6.07, 6.45) is 5.15. The van der Waals surface area contributed by atoms with Crippen molar-refractivity contribution in [3.05, 3.63) is 47.9 Å². The molecule has 110 valence electrons. The summed E-state index contributed by atoms with van der Waals surface area (Å²) in [5.74, 6) is -0.621. The molecule has 0 bridgehead atoms. The number of allylic oxidation sites excluding steroid dienone is 4. The van der Waals surface area contributed by atoms with Gasteiger partial charge in [-0.1, -0.05) is 18.7 Å². The van der Waals surface area contributed by atoms with Crippen molar-refractivity contribution in [2.45, 2.75) is 11.2 Å². The molecule has 9 heteroatoms. The minimum absolute atomic E-state index is 0.286. The molecule has 0 aromatic rings. The lowest BCUT2D eigenvalue weighted by atomic mass is 9.98. The second-order valence-electron chi connectivity index (χ2n) is 4.00. The second-order valence-corrected chi connectivity index (χ2v) is 7.13. The summed E-state index contributed by atoms with van der Waals surface area (Å²) in [5, 5.41) is 0. The first-order valence-electron chi connectivity index (χ1n) is 5.21. The Bertz CT molecular complexity index is 723. The first-order chi connectivity index (χ1) is 9.02. The third kappa shape index (κ3) is 3.51. The monoisotopic (exact) mass is 320 g/mol. The van der Waals surface area contributed by atoms with E-state index in [-0.39, 0.29) is 6.42 Å². The summed E-state index contributed by atoms with van der Waals surface area (Å²) in [4.78, 5) is 10.4. The van der Waals surface area contributed by atoms with Gasteiger partial charge in [-0.3, -0.25) is 13.9 Å². The standard InChI is InChI=1S/C11H12O7S2/c1-2-9(12)5-7-11(20(16,17)18)6-3-4-10(8-11)19(13,14)15/h2-5,7-8H,1,6H2,(H,13,14,15)(H,16,17,18). The van der Waals surface area contributed by atoms with Gasteiger partial charge in [-0.05, 0) is 30.7 Å². The molecule has 0 aromatic heterocycles. The van der Waals surface area contributed by atoms with Gasteiger partial charge in [0.25, 0.3) is 20.2 Å². The smallest absolute Gasteiger partial charge is 0.290 e. The molecule has 0 aliphatic heterocycles. The molecule has 0 amide bonds. The fraction of sp³-hybridized carbons (Fsp3) is 0.182. The maximum atomic E-state index is 11.5. The Balaban J connectivity index is 3.48. The molecule has 1 rings (SSSR count). The van der Waals surface area contributed by atoms with Crippen LogP contribution in [0.3, 0.4) is 0 Å². The SMILES string of the molecule is C=CC(=O)C=CC1(S(=O)(=O)O)C=C(S(=O)(=O)O)C=CC1. The Morgan fingerprint density at radius 3 is 2.35 bits per heavy atom. The van der Waals surface area contributed by atoms with Gasteiger partial charge in [0.1, 0.15) is 4.75 Å². The zero-order valence-electron chi connectivity index (χ0n) is 10.1. The van der Waals surface area contributed by atoms with Crippen LogP contribution in [0, 0.1) is 0 Å². The van der Waals surface area contributed by atoms with Gasteiger partial charge in [0.2, 0.25) is 0 Å².